The minimum atomic E-state index is -0.0505. The van der Waals surface area contributed by atoms with E-state index < -0.39 is 0 Å². The van der Waals surface area contributed by atoms with Crippen LogP contribution < -0.4 is 15.4 Å². The molecule has 2 unspecified atom stereocenters. The van der Waals surface area contributed by atoms with E-state index in [9.17, 15) is 4.79 Å². The summed E-state index contributed by atoms with van der Waals surface area (Å²) in [6, 6.07) is 5.61. The highest BCUT2D eigenvalue weighted by atomic mass is 35.5. The molecule has 20 heavy (non-hydrogen) atoms. The fraction of sp³-hybridized carbons (Fsp3) is 0.500. The smallest absolute Gasteiger partial charge is 0.237 e. The second-order valence-electron chi connectivity index (χ2n) is 5.01. The van der Waals surface area contributed by atoms with Gasteiger partial charge in [-0.25, -0.2) is 0 Å². The van der Waals surface area contributed by atoms with E-state index in [1.54, 1.807) is 0 Å². The van der Waals surface area contributed by atoms with Crippen LogP contribution >= 0.6 is 24.0 Å². The van der Waals surface area contributed by atoms with Crippen LogP contribution in [0.3, 0.4) is 0 Å². The van der Waals surface area contributed by atoms with Crippen molar-refractivity contribution >= 4 is 29.9 Å². The van der Waals surface area contributed by atoms with Crippen molar-refractivity contribution in [2.75, 3.05) is 13.2 Å². The molecule has 2 aliphatic rings. The normalized spacial score (nSPS) is 24.2. The number of carbonyl (C=O) groups is 1. The molecule has 1 aromatic carbocycles. The third-order valence-corrected chi connectivity index (χ3v) is 4.02. The van der Waals surface area contributed by atoms with E-state index in [1.807, 2.05) is 18.2 Å². The number of nitrogens with one attached hydrogen (secondary N) is 2. The van der Waals surface area contributed by atoms with Crippen molar-refractivity contribution < 1.29 is 9.53 Å². The van der Waals surface area contributed by atoms with Crippen molar-refractivity contribution in [3.05, 3.63) is 28.8 Å². The van der Waals surface area contributed by atoms with Crippen LogP contribution in [0.1, 0.15) is 30.9 Å². The first-order chi connectivity index (χ1) is 9.25. The van der Waals surface area contributed by atoms with E-state index in [-0.39, 0.29) is 30.4 Å². The van der Waals surface area contributed by atoms with Crippen molar-refractivity contribution in [3.63, 3.8) is 0 Å². The zero-order valence-electron chi connectivity index (χ0n) is 11.0. The Kier molecular flexibility index (Phi) is 5.13. The van der Waals surface area contributed by atoms with Gasteiger partial charge >= 0.3 is 0 Å². The average molecular weight is 317 g/mol. The van der Waals surface area contributed by atoms with Crippen molar-refractivity contribution in [3.8, 4) is 5.75 Å². The summed E-state index contributed by atoms with van der Waals surface area (Å²) in [6.07, 6.45) is 2.76. The van der Waals surface area contributed by atoms with Gasteiger partial charge in [0.05, 0.1) is 23.7 Å². The summed E-state index contributed by atoms with van der Waals surface area (Å²) >= 11 is 6.12. The molecule has 4 nitrogen and oxygen atoms in total. The number of amides is 1. The Labute approximate surface area is 129 Å². The second kappa shape index (κ2) is 6.66. The Balaban J connectivity index is 0.00000147. The molecule has 0 spiro atoms. The molecule has 2 N–H and O–H groups in total. The first-order valence-corrected chi connectivity index (χ1v) is 7.08. The number of para-hydroxylation sites is 1. The lowest BCUT2D eigenvalue weighted by atomic mass is 10.00. The summed E-state index contributed by atoms with van der Waals surface area (Å²) in [5.41, 5.74) is 0.977. The van der Waals surface area contributed by atoms with Gasteiger partial charge in [0.25, 0.3) is 0 Å². The van der Waals surface area contributed by atoms with Crippen molar-refractivity contribution in [2.24, 2.45) is 0 Å². The van der Waals surface area contributed by atoms with Crippen LogP contribution in [0.25, 0.3) is 0 Å². The molecule has 110 valence electrons. The molecule has 0 bridgehead atoms. The Morgan fingerprint density at radius 1 is 1.40 bits per heavy atom. The summed E-state index contributed by atoms with van der Waals surface area (Å²) < 4.78 is 5.59. The molecule has 1 saturated heterocycles. The number of halogens is 2. The summed E-state index contributed by atoms with van der Waals surface area (Å²) in [6.45, 7) is 1.51. The molecular formula is C14H18Cl2N2O2. The lowest BCUT2D eigenvalue weighted by molar-refractivity contribution is -0.123. The van der Waals surface area contributed by atoms with E-state index >= 15 is 0 Å². The van der Waals surface area contributed by atoms with Crippen molar-refractivity contribution in [1.82, 2.24) is 10.6 Å². The van der Waals surface area contributed by atoms with Gasteiger partial charge in [0, 0.05) is 12.0 Å². The van der Waals surface area contributed by atoms with E-state index in [2.05, 4.69) is 10.6 Å². The molecule has 0 radical (unpaired) electrons. The van der Waals surface area contributed by atoms with Crippen LogP contribution in [-0.4, -0.2) is 25.1 Å². The van der Waals surface area contributed by atoms with Crippen molar-refractivity contribution in [1.29, 1.82) is 0 Å². The van der Waals surface area contributed by atoms with Gasteiger partial charge in [-0.3, -0.25) is 4.79 Å². The van der Waals surface area contributed by atoms with Gasteiger partial charge in [-0.05, 0) is 25.5 Å². The largest absolute Gasteiger partial charge is 0.492 e. The molecule has 2 aliphatic heterocycles. The first kappa shape index (κ1) is 15.4. The first-order valence-electron chi connectivity index (χ1n) is 6.70. The number of rotatable bonds is 2. The molecule has 0 saturated carbocycles. The fourth-order valence-electron chi connectivity index (χ4n) is 2.72. The van der Waals surface area contributed by atoms with E-state index in [4.69, 9.17) is 16.3 Å². The molecule has 1 amide bonds. The zero-order chi connectivity index (χ0) is 13.2. The number of hydrogen-bond acceptors (Lipinski definition) is 3. The fourth-order valence-corrected chi connectivity index (χ4v) is 2.95. The summed E-state index contributed by atoms with van der Waals surface area (Å²) in [4.78, 5) is 12.2. The Hall–Kier alpha value is -0.970. The van der Waals surface area contributed by atoms with Gasteiger partial charge in [0.1, 0.15) is 5.75 Å². The maximum absolute atomic E-state index is 12.2. The van der Waals surface area contributed by atoms with Gasteiger partial charge in [-0.2, -0.15) is 0 Å². The SMILES string of the molecule is Cl.O=C(NC1CCOc2c(Cl)cccc21)C1CCCN1. The van der Waals surface area contributed by atoms with Gasteiger partial charge in [0.2, 0.25) is 5.91 Å². The van der Waals surface area contributed by atoms with Crippen LogP contribution in [0.15, 0.2) is 18.2 Å². The predicted molar refractivity (Wildman–Crippen MR) is 80.7 cm³/mol. The number of ether oxygens (including phenoxy) is 1. The summed E-state index contributed by atoms with van der Waals surface area (Å²) in [5, 5.41) is 6.92. The maximum atomic E-state index is 12.2. The Morgan fingerprint density at radius 2 is 2.25 bits per heavy atom. The van der Waals surface area contributed by atoms with E-state index in [0.717, 1.165) is 31.4 Å². The molecular weight excluding hydrogens is 299 g/mol. The van der Waals surface area contributed by atoms with Gasteiger partial charge in [-0.1, -0.05) is 23.7 Å². The minimum absolute atomic E-state index is 0. The molecule has 3 rings (SSSR count). The second-order valence-corrected chi connectivity index (χ2v) is 5.41. The molecule has 6 heteroatoms. The molecule has 2 atom stereocenters. The van der Waals surface area contributed by atoms with E-state index in [1.165, 1.54) is 0 Å². The highest BCUT2D eigenvalue weighted by Crippen LogP contribution is 2.37. The lowest BCUT2D eigenvalue weighted by Crippen LogP contribution is -2.43. The van der Waals surface area contributed by atoms with Gasteiger partial charge < -0.3 is 15.4 Å². The molecule has 1 aromatic rings. The van der Waals surface area contributed by atoms with Crippen LogP contribution in [0.4, 0.5) is 0 Å². The average Bonchev–Trinajstić information content (AvgIpc) is 2.94. The van der Waals surface area contributed by atoms with E-state index in [0.29, 0.717) is 17.4 Å². The molecule has 0 aliphatic carbocycles. The number of hydrogen-bond donors (Lipinski definition) is 2. The minimum Gasteiger partial charge on any atom is -0.492 e. The lowest BCUT2D eigenvalue weighted by Gasteiger charge is -2.28. The molecule has 0 aromatic heterocycles. The standard InChI is InChI=1S/C14H17ClN2O2.ClH/c15-10-4-1-3-9-11(6-8-19-13(9)10)17-14(18)12-5-2-7-16-12;/h1,3-4,11-12,16H,2,5-8H2,(H,17,18);1H. The van der Waals surface area contributed by atoms with Crippen molar-refractivity contribution in [2.45, 2.75) is 31.3 Å². The molecule has 2 heterocycles. The van der Waals surface area contributed by atoms with Gasteiger partial charge in [0.15, 0.2) is 0 Å². The zero-order valence-corrected chi connectivity index (χ0v) is 12.6. The third-order valence-electron chi connectivity index (χ3n) is 3.72. The Morgan fingerprint density at radius 3 is 3.00 bits per heavy atom. The maximum Gasteiger partial charge on any atom is 0.237 e. The predicted octanol–water partition coefficient (Wildman–Crippen LogP) is 2.45. The van der Waals surface area contributed by atoms with Crippen LogP contribution in [0, 0.1) is 0 Å². The Bertz CT molecular complexity index is 490. The third kappa shape index (κ3) is 3.03. The summed E-state index contributed by atoms with van der Waals surface area (Å²) in [5.74, 6) is 0.787. The quantitative estimate of drug-likeness (QED) is 0.881. The molecule has 1 fully saturated rings. The van der Waals surface area contributed by atoms with Crippen LogP contribution in [0.5, 0.6) is 5.75 Å². The topological polar surface area (TPSA) is 50.4 Å². The van der Waals surface area contributed by atoms with Crippen LogP contribution in [-0.2, 0) is 4.79 Å². The summed E-state index contributed by atoms with van der Waals surface area (Å²) in [7, 11) is 0. The monoisotopic (exact) mass is 316 g/mol. The number of benzene rings is 1. The number of fused-ring (bicyclic) bond motifs is 1. The number of carbonyl (C=O) groups excluding carboxylic acids is 1. The van der Waals surface area contributed by atoms with Gasteiger partial charge in [-0.15, -0.1) is 12.4 Å². The highest BCUT2D eigenvalue weighted by Gasteiger charge is 2.28. The van der Waals surface area contributed by atoms with Crippen LogP contribution in [0.2, 0.25) is 5.02 Å². The highest BCUT2D eigenvalue weighted by molar-refractivity contribution is 6.32.